The third kappa shape index (κ3) is 1.97. The summed E-state index contributed by atoms with van der Waals surface area (Å²) in [6, 6.07) is 0. The van der Waals surface area contributed by atoms with Gasteiger partial charge in [-0.1, -0.05) is 0 Å². The summed E-state index contributed by atoms with van der Waals surface area (Å²) in [6.45, 7) is 0.392. The van der Waals surface area contributed by atoms with Crippen LogP contribution in [0.15, 0.2) is 0 Å². The van der Waals surface area contributed by atoms with Gasteiger partial charge in [-0.05, 0) is 56.3 Å². The fourth-order valence-corrected chi connectivity index (χ4v) is 5.26. The molecule has 4 aliphatic carbocycles. The highest BCUT2D eigenvalue weighted by Gasteiger charge is 2.56. The van der Waals surface area contributed by atoms with E-state index >= 15 is 0 Å². The molecule has 18 heavy (non-hydrogen) atoms. The minimum Gasteiger partial charge on any atom is -0.259 e. The largest absolute Gasteiger partial charge is 0.367 e. The molecule has 0 spiro atoms. The maximum atomic E-state index is 13.1. The van der Waals surface area contributed by atoms with E-state index in [-0.39, 0.29) is 0 Å². The molecule has 0 heterocycles. The highest BCUT2D eigenvalue weighted by molar-refractivity contribution is 7.87. The topological polar surface area (TPSA) is 43.4 Å². The first-order valence-electron chi connectivity index (χ1n) is 6.52. The van der Waals surface area contributed by atoms with E-state index in [1.807, 2.05) is 0 Å². The highest BCUT2D eigenvalue weighted by atomic mass is 32.2. The molecule has 0 aromatic carbocycles. The summed E-state index contributed by atoms with van der Waals surface area (Å²) in [4.78, 5) is 0. The van der Waals surface area contributed by atoms with Crippen LogP contribution in [0.25, 0.3) is 0 Å². The lowest BCUT2D eigenvalue weighted by atomic mass is 9.54. The van der Waals surface area contributed by atoms with Crippen LogP contribution in [-0.4, -0.2) is 19.3 Å². The molecular weight excluding hydrogens is 262 g/mol. The third-order valence-corrected chi connectivity index (χ3v) is 6.16. The molecule has 0 atom stereocenters. The molecule has 0 aromatic rings. The van der Waals surface area contributed by atoms with Crippen LogP contribution in [-0.2, 0) is 14.3 Å². The molecule has 6 heteroatoms. The summed E-state index contributed by atoms with van der Waals surface area (Å²) in [6.07, 6.45) is 5.25. The Labute approximate surface area is 106 Å². The van der Waals surface area contributed by atoms with Crippen molar-refractivity contribution in [1.29, 1.82) is 0 Å². The van der Waals surface area contributed by atoms with Crippen molar-refractivity contribution >= 4 is 10.1 Å². The lowest BCUT2D eigenvalue weighted by molar-refractivity contribution is -0.109. The van der Waals surface area contributed by atoms with Gasteiger partial charge in [0.2, 0.25) is 0 Å². The third-order valence-electron chi connectivity index (χ3n) is 4.71. The molecular formula is C12H18F2O3S. The van der Waals surface area contributed by atoms with Gasteiger partial charge in [-0.3, -0.25) is 4.18 Å². The second kappa shape index (κ2) is 3.66. The Hall–Kier alpha value is -0.230. The molecule has 0 N–H and O–H groups in total. The quantitative estimate of drug-likeness (QED) is 0.747. The van der Waals surface area contributed by atoms with Crippen LogP contribution in [0.5, 0.6) is 0 Å². The van der Waals surface area contributed by atoms with Crippen LogP contribution in [0.2, 0.25) is 0 Å². The van der Waals surface area contributed by atoms with Crippen LogP contribution in [0.4, 0.5) is 8.78 Å². The predicted octanol–water partition coefficient (Wildman–Crippen LogP) is 2.91. The summed E-state index contributed by atoms with van der Waals surface area (Å²) in [5, 5.41) is -3.81. The Balaban J connectivity index is 1.85. The van der Waals surface area contributed by atoms with E-state index in [1.165, 1.54) is 0 Å². The Bertz CT molecular complexity index is 417. The summed E-state index contributed by atoms with van der Waals surface area (Å²) in [7, 11) is -4.79. The average molecular weight is 280 g/mol. The summed E-state index contributed by atoms with van der Waals surface area (Å²) in [5.41, 5.74) is -0.826. The summed E-state index contributed by atoms with van der Waals surface area (Å²) in [5.74, 6) is 1.41. The molecule has 4 aliphatic rings. The van der Waals surface area contributed by atoms with Crippen LogP contribution in [0.3, 0.4) is 0 Å². The molecule has 104 valence electrons. The molecule has 4 rings (SSSR count). The van der Waals surface area contributed by atoms with Crippen molar-refractivity contribution in [3.63, 3.8) is 0 Å². The van der Waals surface area contributed by atoms with Crippen LogP contribution in [0, 0.1) is 17.8 Å². The van der Waals surface area contributed by atoms with Gasteiger partial charge in [-0.15, -0.1) is 0 Å². The Kier molecular flexibility index (Phi) is 2.60. The lowest BCUT2D eigenvalue weighted by Crippen LogP contribution is -2.53. The maximum absolute atomic E-state index is 13.1. The first-order valence-corrected chi connectivity index (χ1v) is 7.93. The SMILES string of the molecule is CC(F)(F)S(=O)(=O)OC12CC3CC(CC(C3)C1)C2. The Morgan fingerprint density at radius 3 is 1.78 bits per heavy atom. The standard InChI is InChI=1S/C12H18F2O3S/c1-11(13,14)18(15,16)17-12-5-8-2-9(6-12)4-10(3-8)7-12/h8-10H,2-7H2,1H3. The van der Waals surface area contributed by atoms with Crippen molar-refractivity contribution < 1.29 is 21.4 Å². The van der Waals surface area contributed by atoms with Crippen molar-refractivity contribution in [2.24, 2.45) is 17.8 Å². The number of alkyl halides is 2. The van der Waals surface area contributed by atoms with E-state index in [0.29, 0.717) is 43.9 Å². The van der Waals surface area contributed by atoms with Gasteiger partial charge in [0.05, 0.1) is 5.60 Å². The summed E-state index contributed by atoms with van der Waals surface area (Å²) < 4.78 is 54.3. The number of hydrogen-bond donors (Lipinski definition) is 0. The minimum absolute atomic E-state index is 0.392. The fraction of sp³-hybridized carbons (Fsp3) is 1.00. The van der Waals surface area contributed by atoms with E-state index < -0.39 is 21.0 Å². The van der Waals surface area contributed by atoms with Gasteiger partial charge in [0.1, 0.15) is 0 Å². The summed E-state index contributed by atoms with van der Waals surface area (Å²) >= 11 is 0. The van der Waals surface area contributed by atoms with Crippen molar-refractivity contribution in [2.45, 2.75) is 56.3 Å². The molecule has 4 fully saturated rings. The first-order chi connectivity index (χ1) is 8.19. The van der Waals surface area contributed by atoms with Gasteiger partial charge in [0, 0.05) is 6.92 Å². The highest BCUT2D eigenvalue weighted by Crippen LogP contribution is 2.57. The fourth-order valence-electron chi connectivity index (χ4n) is 4.44. The smallest absolute Gasteiger partial charge is 0.259 e. The van der Waals surface area contributed by atoms with E-state index in [4.69, 9.17) is 4.18 Å². The number of halogens is 2. The number of rotatable bonds is 3. The van der Waals surface area contributed by atoms with E-state index in [9.17, 15) is 17.2 Å². The lowest BCUT2D eigenvalue weighted by Gasteiger charge is -2.55. The normalized spacial score (nSPS) is 43.4. The van der Waals surface area contributed by atoms with Gasteiger partial charge in [-0.2, -0.15) is 17.2 Å². The Morgan fingerprint density at radius 2 is 1.44 bits per heavy atom. The van der Waals surface area contributed by atoms with Gasteiger partial charge in [0.25, 0.3) is 0 Å². The Morgan fingerprint density at radius 1 is 1.06 bits per heavy atom. The van der Waals surface area contributed by atoms with Crippen molar-refractivity contribution in [3.05, 3.63) is 0 Å². The minimum atomic E-state index is -4.79. The average Bonchev–Trinajstić information content (AvgIpc) is 2.10. The first kappa shape index (κ1) is 12.8. The van der Waals surface area contributed by atoms with Crippen molar-refractivity contribution in [2.75, 3.05) is 0 Å². The second-order valence-corrected chi connectivity index (χ2v) is 8.24. The van der Waals surface area contributed by atoms with Crippen molar-refractivity contribution in [1.82, 2.24) is 0 Å². The van der Waals surface area contributed by atoms with Crippen LogP contribution in [0.1, 0.15) is 45.4 Å². The van der Waals surface area contributed by atoms with Crippen LogP contribution >= 0.6 is 0 Å². The zero-order chi connectivity index (χ0) is 13.2. The van der Waals surface area contributed by atoms with Gasteiger partial charge < -0.3 is 0 Å². The molecule has 0 aromatic heterocycles. The van der Waals surface area contributed by atoms with E-state index in [0.717, 1.165) is 19.3 Å². The molecule has 4 bridgehead atoms. The molecule has 0 unspecified atom stereocenters. The van der Waals surface area contributed by atoms with Crippen LogP contribution < -0.4 is 0 Å². The molecule has 0 aliphatic heterocycles. The molecule has 0 saturated heterocycles. The molecule has 3 nitrogen and oxygen atoms in total. The zero-order valence-corrected chi connectivity index (χ0v) is 11.2. The maximum Gasteiger partial charge on any atom is 0.367 e. The van der Waals surface area contributed by atoms with E-state index in [1.54, 1.807) is 0 Å². The zero-order valence-electron chi connectivity index (χ0n) is 10.4. The monoisotopic (exact) mass is 280 g/mol. The van der Waals surface area contributed by atoms with Gasteiger partial charge >= 0.3 is 15.4 Å². The van der Waals surface area contributed by atoms with Crippen molar-refractivity contribution in [3.8, 4) is 0 Å². The second-order valence-electron chi connectivity index (χ2n) is 6.45. The molecule has 0 radical (unpaired) electrons. The predicted molar refractivity (Wildman–Crippen MR) is 61.5 cm³/mol. The number of hydrogen-bond acceptors (Lipinski definition) is 3. The van der Waals surface area contributed by atoms with E-state index in [2.05, 4.69) is 0 Å². The molecule has 4 saturated carbocycles. The van der Waals surface area contributed by atoms with Gasteiger partial charge in [0.15, 0.2) is 0 Å². The molecule has 0 amide bonds. The van der Waals surface area contributed by atoms with Gasteiger partial charge in [-0.25, -0.2) is 0 Å².